The Morgan fingerprint density at radius 2 is 1.21 bits per heavy atom. The quantitative estimate of drug-likeness (QED) is 0.302. The lowest BCUT2D eigenvalue weighted by molar-refractivity contribution is 0.0984. The van der Waals surface area contributed by atoms with Crippen LogP contribution in [-0.2, 0) is 22.1 Å². The summed E-state index contributed by atoms with van der Waals surface area (Å²) in [5.74, 6) is 0. The van der Waals surface area contributed by atoms with Gasteiger partial charge in [-0.25, -0.2) is 0 Å². The van der Waals surface area contributed by atoms with Crippen LogP contribution in [0.25, 0.3) is 0 Å². The molecule has 12 heteroatoms. The second-order valence-corrected chi connectivity index (χ2v) is 33.6. The predicted molar refractivity (Wildman–Crippen MR) is 153 cm³/mol. The van der Waals surface area contributed by atoms with Gasteiger partial charge in [0.25, 0.3) is 0 Å². The molecule has 0 aromatic rings. The van der Waals surface area contributed by atoms with Crippen molar-refractivity contribution >= 4 is 42.2 Å². The Morgan fingerprint density at radius 1 is 0.788 bits per heavy atom. The maximum Gasteiger partial charge on any atom is 0.516 e. The molecule has 7 nitrogen and oxygen atoms in total. The van der Waals surface area contributed by atoms with Gasteiger partial charge in [-0.15, -0.1) is 0 Å². The van der Waals surface area contributed by atoms with Crippen LogP contribution >= 0.6 is 0 Å². The lowest BCUT2D eigenvalue weighted by Gasteiger charge is -2.51. The first-order chi connectivity index (χ1) is 15.0. The second kappa shape index (κ2) is 13.4. The molecule has 1 rings (SSSR count). The molecule has 0 aliphatic carbocycles. The van der Waals surface area contributed by atoms with E-state index in [-0.39, 0.29) is 5.67 Å². The van der Waals surface area contributed by atoms with Gasteiger partial charge < -0.3 is 30.6 Å². The van der Waals surface area contributed by atoms with Crippen molar-refractivity contribution in [2.75, 3.05) is 42.1 Å². The molecule has 0 N–H and O–H groups in total. The summed E-state index contributed by atoms with van der Waals surface area (Å²) in [4.78, 5) is 0. The van der Waals surface area contributed by atoms with Crippen LogP contribution in [0.3, 0.4) is 0 Å². The highest BCUT2D eigenvalue weighted by Crippen LogP contribution is 2.32. The Morgan fingerprint density at radius 3 is 1.45 bits per heavy atom. The van der Waals surface area contributed by atoms with E-state index in [9.17, 15) is 0 Å². The molecular weight excluding hydrogens is 501 g/mol. The van der Waals surface area contributed by atoms with Crippen LogP contribution in [0.5, 0.6) is 0 Å². The molecule has 0 aromatic heterocycles. The van der Waals surface area contributed by atoms with Gasteiger partial charge in [0.05, 0.1) is 5.67 Å². The Labute approximate surface area is 211 Å². The largest absolute Gasteiger partial charge is 0.516 e. The first kappa shape index (κ1) is 33.8. The fraction of sp³-hybridized carbons (Fsp3) is 1.00. The van der Waals surface area contributed by atoms with E-state index in [4.69, 9.17) is 22.1 Å². The van der Waals surface area contributed by atoms with Crippen molar-refractivity contribution in [1.82, 2.24) is 8.46 Å². The molecule has 0 amide bonds. The van der Waals surface area contributed by atoms with Gasteiger partial charge in [-0.3, -0.25) is 0 Å². The van der Waals surface area contributed by atoms with Crippen molar-refractivity contribution in [1.29, 1.82) is 0 Å². The monoisotopic (exact) mass is 556 g/mol. The molecule has 1 atom stereocenters. The fourth-order valence-corrected chi connectivity index (χ4v) is 29.4. The molecule has 0 aromatic carbocycles. The molecule has 1 aliphatic heterocycles. The summed E-state index contributed by atoms with van der Waals surface area (Å²) in [5.41, 5.74) is 0.269. The summed E-state index contributed by atoms with van der Waals surface area (Å²) in [6, 6.07) is 1.13. The molecule has 0 radical (unpaired) electrons. The lowest BCUT2D eigenvalue weighted by Crippen LogP contribution is -2.72. The van der Waals surface area contributed by atoms with Crippen LogP contribution in [0.4, 0.5) is 0 Å². The van der Waals surface area contributed by atoms with Crippen molar-refractivity contribution in [2.24, 2.45) is 0 Å². The van der Waals surface area contributed by atoms with E-state index in [2.05, 4.69) is 74.3 Å². The maximum atomic E-state index is 5.82. The van der Waals surface area contributed by atoms with E-state index in [1.807, 2.05) is 0 Å². The molecule has 0 spiro atoms. The zero-order chi connectivity index (χ0) is 26.3. The first-order valence-electron chi connectivity index (χ1n) is 12.3. The number of hydrogen-bond donors (Lipinski definition) is 0. The van der Waals surface area contributed by atoms with Crippen LogP contribution in [0, 0.1) is 0 Å². The first-order valence-corrected chi connectivity index (χ1v) is 26.4. The molecule has 1 saturated heterocycles. The minimum atomic E-state index is -2.66. The van der Waals surface area contributed by atoms with Crippen LogP contribution in [0.2, 0.25) is 65.0 Å². The summed E-state index contributed by atoms with van der Waals surface area (Å²) >= 11 is 0. The van der Waals surface area contributed by atoms with E-state index in [1.54, 1.807) is 35.5 Å². The topological polar surface area (TPSA) is 52.6 Å². The standard InChI is InChI=1S/C13H35NO3Si3.C8H21NO2Si2/c1-11-12-13(20(15-2,16-3)17-4)14(18(5,6)7)19(8,9)10;1-10-13(11-2)8-6-7-9(13)12(3,4)5/h13H,11-12H2,1-10H3;6-8H2,1-5H3. The minimum absolute atomic E-state index is 0.269. The highest BCUT2D eigenvalue weighted by atomic mass is 28.4. The summed E-state index contributed by atoms with van der Waals surface area (Å²) in [5, 5.41) is 0. The van der Waals surface area contributed by atoms with Gasteiger partial charge in [0, 0.05) is 41.6 Å². The Bertz CT molecular complexity index is 536. The number of hydrogen-bond acceptors (Lipinski definition) is 7. The molecular formula is C21H56N2O5Si5. The van der Waals surface area contributed by atoms with Gasteiger partial charge in [-0.2, -0.15) is 0 Å². The smallest absolute Gasteiger partial charge is 0.386 e. The SMILES string of the molecule is CCCC(N([Si](C)(C)C)[Si](C)(C)C)[Si](OC)(OC)OC.CO[Si]1(OC)CCCN1[Si](C)(C)C. The van der Waals surface area contributed by atoms with Crippen LogP contribution in [0.1, 0.15) is 26.2 Å². The van der Waals surface area contributed by atoms with Crippen molar-refractivity contribution in [2.45, 2.75) is 96.8 Å². The molecule has 1 aliphatic rings. The van der Waals surface area contributed by atoms with E-state index in [0.717, 1.165) is 18.9 Å². The maximum absolute atomic E-state index is 5.82. The Balaban J connectivity index is 0.000000676. The number of rotatable bonds is 12. The summed E-state index contributed by atoms with van der Waals surface area (Å²) in [7, 11) is -0.0525. The molecule has 33 heavy (non-hydrogen) atoms. The zero-order valence-electron chi connectivity index (χ0n) is 24.5. The Hall–Kier alpha value is 0.804. The third-order valence-electron chi connectivity index (χ3n) is 6.31. The highest BCUT2D eigenvalue weighted by Gasteiger charge is 2.55. The normalized spacial score (nSPS) is 18.9. The third-order valence-corrected chi connectivity index (χ3v) is 25.6. The van der Waals surface area contributed by atoms with Crippen molar-refractivity contribution in [3.05, 3.63) is 0 Å². The van der Waals surface area contributed by atoms with Gasteiger partial charge in [0.15, 0.2) is 0 Å². The lowest BCUT2D eigenvalue weighted by atomic mass is 10.3. The van der Waals surface area contributed by atoms with Crippen molar-refractivity contribution < 1.29 is 22.1 Å². The van der Waals surface area contributed by atoms with E-state index in [1.165, 1.54) is 13.0 Å². The van der Waals surface area contributed by atoms with Gasteiger partial charge in [-0.05, 0) is 19.4 Å². The molecule has 200 valence electrons. The molecule has 0 saturated carbocycles. The van der Waals surface area contributed by atoms with E-state index >= 15 is 0 Å². The summed E-state index contributed by atoms with van der Waals surface area (Å²) in [6.07, 6.45) is 3.41. The third kappa shape index (κ3) is 8.70. The zero-order valence-corrected chi connectivity index (χ0v) is 29.5. The van der Waals surface area contributed by atoms with Crippen LogP contribution in [0.15, 0.2) is 0 Å². The van der Waals surface area contributed by atoms with Crippen molar-refractivity contribution in [3.8, 4) is 0 Å². The Kier molecular flexibility index (Phi) is 13.7. The highest BCUT2D eigenvalue weighted by molar-refractivity contribution is 6.91. The predicted octanol–water partition coefficient (Wildman–Crippen LogP) is 5.30. The average Bonchev–Trinajstić information content (AvgIpc) is 3.13. The molecule has 1 fully saturated rings. The van der Waals surface area contributed by atoms with E-state index in [0.29, 0.717) is 0 Å². The summed E-state index contributed by atoms with van der Waals surface area (Å²) < 4.78 is 34.1. The second-order valence-electron chi connectivity index (χ2n) is 11.8. The van der Waals surface area contributed by atoms with E-state index < -0.39 is 42.2 Å². The van der Waals surface area contributed by atoms with Gasteiger partial charge in [-0.1, -0.05) is 72.3 Å². The molecule has 1 heterocycles. The van der Waals surface area contributed by atoms with Crippen molar-refractivity contribution in [3.63, 3.8) is 0 Å². The van der Waals surface area contributed by atoms with Gasteiger partial charge >= 0.3 is 17.5 Å². The molecule has 1 unspecified atom stereocenters. The van der Waals surface area contributed by atoms with Crippen LogP contribution in [-0.4, -0.2) is 98.5 Å². The average molecular weight is 557 g/mol. The van der Waals surface area contributed by atoms with Gasteiger partial charge in [0.2, 0.25) is 0 Å². The molecule has 0 bridgehead atoms. The fourth-order valence-electron chi connectivity index (χ4n) is 5.46. The van der Waals surface area contributed by atoms with Crippen LogP contribution < -0.4 is 0 Å². The minimum Gasteiger partial charge on any atom is -0.386 e. The van der Waals surface area contributed by atoms with Gasteiger partial charge in [0.1, 0.15) is 24.7 Å². The number of nitrogens with zero attached hydrogens (tertiary/aromatic N) is 2. The summed E-state index contributed by atoms with van der Waals surface area (Å²) in [6.45, 7) is 24.9.